The summed E-state index contributed by atoms with van der Waals surface area (Å²) in [5.74, 6) is 0.797. The number of nitrogens with two attached hydrogens (primary N) is 1. The van der Waals surface area contributed by atoms with Crippen LogP contribution < -0.4 is 10.5 Å². The molecule has 0 aliphatic rings. The van der Waals surface area contributed by atoms with Crippen molar-refractivity contribution in [3.63, 3.8) is 0 Å². The van der Waals surface area contributed by atoms with Gasteiger partial charge in [0.2, 0.25) is 0 Å². The van der Waals surface area contributed by atoms with Crippen LogP contribution in [0.15, 0.2) is 48.7 Å². The number of hydrogen-bond acceptors (Lipinski definition) is 3. The minimum absolute atomic E-state index is 0.535. The Morgan fingerprint density at radius 3 is 2.75 bits per heavy atom. The average molecular weight is 288 g/mol. The first kappa shape index (κ1) is 12.8. The Labute approximate surface area is 121 Å². The van der Waals surface area contributed by atoms with Gasteiger partial charge in [0.1, 0.15) is 12.4 Å². The molecule has 0 atom stereocenters. The molecule has 0 aliphatic heterocycles. The molecule has 20 heavy (non-hydrogen) atoms. The van der Waals surface area contributed by atoms with E-state index in [2.05, 4.69) is 5.10 Å². The van der Waals surface area contributed by atoms with E-state index >= 15 is 0 Å². The molecular weight excluding hydrogens is 274 g/mol. The number of anilines is 1. The molecule has 0 fully saturated rings. The summed E-state index contributed by atoms with van der Waals surface area (Å²) < 4.78 is 7.55. The Balaban J connectivity index is 1.68. The second kappa shape index (κ2) is 5.43. The predicted molar refractivity (Wildman–Crippen MR) is 81.1 cm³/mol. The second-order valence-electron chi connectivity index (χ2n) is 4.49. The highest BCUT2D eigenvalue weighted by atomic mass is 35.5. The Bertz CT molecular complexity index is 722. The molecule has 2 N–H and O–H groups in total. The van der Waals surface area contributed by atoms with Crippen molar-refractivity contribution in [3.8, 4) is 5.75 Å². The highest BCUT2D eigenvalue weighted by molar-refractivity contribution is 6.30. The molecule has 0 spiro atoms. The zero-order valence-electron chi connectivity index (χ0n) is 10.8. The van der Waals surface area contributed by atoms with Crippen LogP contribution in [-0.4, -0.2) is 16.4 Å². The standard InChI is InChI=1S/C15H14ClN3O/c16-12-2-5-14(6-3-12)20-8-7-19-15-9-13(17)4-1-11(15)10-18-19/h1-6,9-10H,7-8,17H2. The lowest BCUT2D eigenvalue weighted by atomic mass is 10.2. The van der Waals surface area contributed by atoms with Crippen molar-refractivity contribution in [1.29, 1.82) is 0 Å². The van der Waals surface area contributed by atoms with Crippen molar-refractivity contribution in [2.24, 2.45) is 0 Å². The summed E-state index contributed by atoms with van der Waals surface area (Å²) in [6.07, 6.45) is 1.83. The highest BCUT2D eigenvalue weighted by Gasteiger charge is 2.03. The minimum atomic E-state index is 0.535. The lowest BCUT2D eigenvalue weighted by Crippen LogP contribution is -2.09. The van der Waals surface area contributed by atoms with Crippen molar-refractivity contribution in [3.05, 3.63) is 53.7 Å². The van der Waals surface area contributed by atoms with Crippen molar-refractivity contribution >= 4 is 28.2 Å². The van der Waals surface area contributed by atoms with Gasteiger partial charge in [0.15, 0.2) is 0 Å². The van der Waals surface area contributed by atoms with E-state index < -0.39 is 0 Å². The van der Waals surface area contributed by atoms with Crippen LogP contribution in [0, 0.1) is 0 Å². The fraction of sp³-hybridized carbons (Fsp3) is 0.133. The molecule has 0 aliphatic carbocycles. The molecule has 5 heteroatoms. The average Bonchev–Trinajstić information content (AvgIpc) is 2.84. The van der Waals surface area contributed by atoms with Crippen LogP contribution in [0.4, 0.5) is 5.69 Å². The van der Waals surface area contributed by atoms with Gasteiger partial charge in [-0.1, -0.05) is 11.6 Å². The van der Waals surface area contributed by atoms with Gasteiger partial charge in [0, 0.05) is 16.1 Å². The summed E-state index contributed by atoms with van der Waals surface area (Å²) in [5.41, 5.74) is 7.55. The van der Waals surface area contributed by atoms with Gasteiger partial charge < -0.3 is 10.5 Å². The first-order valence-electron chi connectivity index (χ1n) is 6.32. The van der Waals surface area contributed by atoms with E-state index in [1.165, 1.54) is 0 Å². The Morgan fingerprint density at radius 2 is 1.95 bits per heavy atom. The normalized spacial score (nSPS) is 10.8. The molecule has 3 rings (SSSR count). The minimum Gasteiger partial charge on any atom is -0.492 e. The first-order chi connectivity index (χ1) is 9.72. The number of fused-ring (bicyclic) bond motifs is 1. The summed E-state index contributed by atoms with van der Waals surface area (Å²) in [5, 5.41) is 6.12. The van der Waals surface area contributed by atoms with Gasteiger partial charge in [-0.05, 0) is 42.5 Å². The van der Waals surface area contributed by atoms with Crippen LogP contribution in [-0.2, 0) is 6.54 Å². The van der Waals surface area contributed by atoms with Crippen molar-refractivity contribution < 1.29 is 4.74 Å². The number of benzene rings is 2. The molecule has 0 unspecified atom stereocenters. The molecule has 0 bridgehead atoms. The van der Waals surface area contributed by atoms with Crippen molar-refractivity contribution in [1.82, 2.24) is 9.78 Å². The lowest BCUT2D eigenvalue weighted by molar-refractivity contribution is 0.294. The van der Waals surface area contributed by atoms with E-state index in [9.17, 15) is 0 Å². The molecule has 2 aromatic carbocycles. The number of rotatable bonds is 4. The van der Waals surface area contributed by atoms with Crippen LogP contribution in [0.1, 0.15) is 0 Å². The third-order valence-corrected chi connectivity index (χ3v) is 3.31. The van der Waals surface area contributed by atoms with E-state index in [0.29, 0.717) is 18.2 Å². The van der Waals surface area contributed by atoms with E-state index in [1.807, 2.05) is 41.2 Å². The Hall–Kier alpha value is -2.20. The van der Waals surface area contributed by atoms with Gasteiger partial charge in [-0.3, -0.25) is 4.68 Å². The molecule has 1 heterocycles. The zero-order valence-corrected chi connectivity index (χ0v) is 11.5. The van der Waals surface area contributed by atoms with Gasteiger partial charge in [-0.15, -0.1) is 0 Å². The number of aromatic nitrogens is 2. The van der Waals surface area contributed by atoms with Crippen molar-refractivity contribution in [2.75, 3.05) is 12.3 Å². The number of nitrogens with zero attached hydrogens (tertiary/aromatic N) is 2. The maximum atomic E-state index is 5.83. The van der Waals surface area contributed by atoms with E-state index in [4.69, 9.17) is 22.1 Å². The Kier molecular flexibility index (Phi) is 3.48. The van der Waals surface area contributed by atoms with E-state index in [0.717, 1.165) is 22.3 Å². The summed E-state index contributed by atoms with van der Waals surface area (Å²) >= 11 is 5.83. The quantitative estimate of drug-likeness (QED) is 0.749. The van der Waals surface area contributed by atoms with Crippen LogP contribution in [0.3, 0.4) is 0 Å². The lowest BCUT2D eigenvalue weighted by Gasteiger charge is -2.07. The summed E-state index contributed by atoms with van der Waals surface area (Å²) in [6, 6.07) is 13.1. The van der Waals surface area contributed by atoms with E-state index in [1.54, 1.807) is 12.1 Å². The fourth-order valence-electron chi connectivity index (χ4n) is 2.05. The predicted octanol–water partition coefficient (Wildman–Crippen LogP) is 3.35. The molecular formula is C15H14ClN3O. The summed E-state index contributed by atoms with van der Waals surface area (Å²) in [6.45, 7) is 1.20. The van der Waals surface area contributed by atoms with Crippen LogP contribution >= 0.6 is 11.6 Å². The molecule has 3 aromatic rings. The van der Waals surface area contributed by atoms with Gasteiger partial charge in [-0.25, -0.2) is 0 Å². The number of halogens is 1. The highest BCUT2D eigenvalue weighted by Crippen LogP contribution is 2.18. The smallest absolute Gasteiger partial charge is 0.119 e. The van der Waals surface area contributed by atoms with E-state index in [-0.39, 0.29) is 0 Å². The molecule has 0 amide bonds. The van der Waals surface area contributed by atoms with Crippen LogP contribution in [0.25, 0.3) is 10.9 Å². The SMILES string of the molecule is Nc1ccc2cnn(CCOc3ccc(Cl)cc3)c2c1. The molecule has 0 saturated carbocycles. The second-order valence-corrected chi connectivity index (χ2v) is 4.92. The molecule has 4 nitrogen and oxygen atoms in total. The molecule has 1 aromatic heterocycles. The van der Waals surface area contributed by atoms with Crippen molar-refractivity contribution in [2.45, 2.75) is 6.54 Å². The maximum Gasteiger partial charge on any atom is 0.119 e. The van der Waals surface area contributed by atoms with Gasteiger partial charge in [-0.2, -0.15) is 5.10 Å². The third-order valence-electron chi connectivity index (χ3n) is 3.05. The maximum absolute atomic E-state index is 5.83. The summed E-state index contributed by atoms with van der Waals surface area (Å²) in [4.78, 5) is 0. The van der Waals surface area contributed by atoms with Crippen LogP contribution in [0.2, 0.25) is 5.02 Å². The monoisotopic (exact) mass is 287 g/mol. The topological polar surface area (TPSA) is 53.1 Å². The number of nitrogen functional groups attached to an aromatic ring is 1. The number of ether oxygens (including phenoxy) is 1. The van der Waals surface area contributed by atoms with Gasteiger partial charge >= 0.3 is 0 Å². The fourth-order valence-corrected chi connectivity index (χ4v) is 2.17. The van der Waals surface area contributed by atoms with Gasteiger partial charge in [0.05, 0.1) is 18.3 Å². The zero-order chi connectivity index (χ0) is 13.9. The first-order valence-corrected chi connectivity index (χ1v) is 6.69. The molecule has 0 saturated heterocycles. The summed E-state index contributed by atoms with van der Waals surface area (Å²) in [7, 11) is 0. The largest absolute Gasteiger partial charge is 0.492 e. The Morgan fingerprint density at radius 1 is 1.15 bits per heavy atom. The third kappa shape index (κ3) is 2.70. The van der Waals surface area contributed by atoms with Gasteiger partial charge in [0.25, 0.3) is 0 Å². The number of hydrogen-bond donors (Lipinski definition) is 1. The van der Waals surface area contributed by atoms with Crippen LogP contribution in [0.5, 0.6) is 5.75 Å². The molecule has 0 radical (unpaired) electrons. The molecule has 102 valence electrons.